The van der Waals surface area contributed by atoms with E-state index in [1.165, 1.54) is 27.4 Å². The van der Waals surface area contributed by atoms with Crippen molar-refractivity contribution in [2.75, 3.05) is 21.3 Å². The van der Waals surface area contributed by atoms with Gasteiger partial charge in [-0.25, -0.2) is 4.79 Å². The van der Waals surface area contributed by atoms with Gasteiger partial charge in [0.15, 0.2) is 5.41 Å². The normalized spacial score (nSPS) is 11.7. The SMILES string of the molecule is C#CCC(C/C(I)=C\CCCC/C=C/C(=O)OC)(C(=O)OC)C(=O)OC. The lowest BCUT2D eigenvalue weighted by Gasteiger charge is -2.26. The van der Waals surface area contributed by atoms with E-state index in [0.717, 1.165) is 29.3 Å². The Balaban J connectivity index is 4.76. The van der Waals surface area contributed by atoms with E-state index >= 15 is 0 Å². The molecule has 0 aliphatic carbocycles. The number of carbonyl (C=O) groups excluding carboxylic acids is 3. The van der Waals surface area contributed by atoms with Crippen molar-refractivity contribution in [3.05, 3.63) is 21.8 Å². The summed E-state index contributed by atoms with van der Waals surface area (Å²) in [5.74, 6) is 0.612. The molecule has 0 amide bonds. The van der Waals surface area contributed by atoms with Crippen LogP contribution in [0, 0.1) is 17.8 Å². The number of unbranched alkanes of at least 4 members (excludes halogenated alkanes) is 3. The van der Waals surface area contributed by atoms with E-state index in [-0.39, 0.29) is 18.8 Å². The van der Waals surface area contributed by atoms with Crippen molar-refractivity contribution in [1.82, 2.24) is 0 Å². The van der Waals surface area contributed by atoms with Crippen molar-refractivity contribution in [3.63, 3.8) is 0 Å². The first-order valence-corrected chi connectivity index (χ1v) is 9.15. The number of esters is 3. The van der Waals surface area contributed by atoms with Crippen molar-refractivity contribution in [3.8, 4) is 12.3 Å². The summed E-state index contributed by atoms with van der Waals surface area (Å²) < 4.78 is 14.9. The number of rotatable bonds is 11. The maximum atomic E-state index is 12.2. The van der Waals surface area contributed by atoms with Gasteiger partial charge in [-0.3, -0.25) is 9.59 Å². The third kappa shape index (κ3) is 8.04. The molecule has 0 radical (unpaired) electrons. The van der Waals surface area contributed by atoms with Gasteiger partial charge in [-0.15, -0.1) is 12.3 Å². The fourth-order valence-electron chi connectivity index (χ4n) is 2.27. The molecule has 0 unspecified atom stereocenters. The molecule has 0 saturated carbocycles. The molecule has 0 aliphatic heterocycles. The van der Waals surface area contributed by atoms with Crippen LogP contribution in [0.4, 0.5) is 0 Å². The number of halogens is 1. The average molecular weight is 476 g/mol. The van der Waals surface area contributed by atoms with E-state index in [9.17, 15) is 14.4 Å². The summed E-state index contributed by atoms with van der Waals surface area (Å²) in [4.78, 5) is 35.3. The highest BCUT2D eigenvalue weighted by Crippen LogP contribution is 2.36. The van der Waals surface area contributed by atoms with Crippen molar-refractivity contribution in [2.24, 2.45) is 5.41 Å². The van der Waals surface area contributed by atoms with Gasteiger partial charge >= 0.3 is 17.9 Å². The minimum absolute atomic E-state index is 0.0923. The van der Waals surface area contributed by atoms with Crippen molar-refractivity contribution < 1.29 is 28.6 Å². The fraction of sp³-hybridized carbons (Fsp3) is 0.526. The van der Waals surface area contributed by atoms with Crippen LogP contribution in [0.15, 0.2) is 21.8 Å². The molecule has 0 saturated heterocycles. The van der Waals surface area contributed by atoms with E-state index in [1.807, 2.05) is 6.08 Å². The third-order valence-corrected chi connectivity index (χ3v) is 4.49. The van der Waals surface area contributed by atoms with Crippen molar-refractivity contribution in [2.45, 2.75) is 38.5 Å². The van der Waals surface area contributed by atoms with E-state index in [1.54, 1.807) is 6.08 Å². The zero-order valence-corrected chi connectivity index (χ0v) is 17.5. The van der Waals surface area contributed by atoms with Gasteiger partial charge in [0.05, 0.1) is 21.3 Å². The zero-order chi connectivity index (χ0) is 20.0. The molecule has 7 heteroatoms. The number of allylic oxidation sites excluding steroid dienone is 3. The summed E-state index contributed by atoms with van der Waals surface area (Å²) >= 11 is 2.09. The molecule has 0 aromatic carbocycles. The minimum Gasteiger partial charge on any atom is -0.468 e. The van der Waals surface area contributed by atoms with Crippen LogP contribution in [-0.4, -0.2) is 39.2 Å². The van der Waals surface area contributed by atoms with E-state index < -0.39 is 17.4 Å². The molecule has 0 aromatic heterocycles. The fourth-order valence-corrected chi connectivity index (χ4v) is 3.24. The van der Waals surface area contributed by atoms with Crippen LogP contribution in [0.25, 0.3) is 0 Å². The molecule has 0 fully saturated rings. The van der Waals surface area contributed by atoms with Crippen LogP contribution in [0.3, 0.4) is 0 Å². The van der Waals surface area contributed by atoms with Crippen LogP contribution in [0.1, 0.15) is 38.5 Å². The highest BCUT2D eigenvalue weighted by atomic mass is 127. The lowest BCUT2D eigenvalue weighted by molar-refractivity contribution is -0.168. The number of ether oxygens (including phenoxy) is 3. The van der Waals surface area contributed by atoms with Crippen LogP contribution in [-0.2, 0) is 28.6 Å². The van der Waals surface area contributed by atoms with E-state index in [2.05, 4.69) is 33.2 Å². The Bertz CT molecular complexity index is 569. The smallest absolute Gasteiger partial charge is 0.330 e. The molecule has 0 spiro atoms. The van der Waals surface area contributed by atoms with Crippen LogP contribution < -0.4 is 0 Å². The maximum absolute atomic E-state index is 12.2. The molecular formula is C19H25IO6. The summed E-state index contributed by atoms with van der Waals surface area (Å²) in [5, 5.41) is 0. The maximum Gasteiger partial charge on any atom is 0.330 e. The zero-order valence-electron chi connectivity index (χ0n) is 15.4. The van der Waals surface area contributed by atoms with Crippen LogP contribution in [0.5, 0.6) is 0 Å². The molecule has 0 heterocycles. The van der Waals surface area contributed by atoms with Crippen molar-refractivity contribution in [1.29, 1.82) is 0 Å². The highest BCUT2D eigenvalue weighted by Gasteiger charge is 2.48. The average Bonchev–Trinajstić information content (AvgIpc) is 2.64. The minimum atomic E-state index is -1.52. The highest BCUT2D eigenvalue weighted by molar-refractivity contribution is 14.1. The molecule has 6 nitrogen and oxygen atoms in total. The number of hydrogen-bond acceptors (Lipinski definition) is 6. The van der Waals surface area contributed by atoms with Gasteiger partial charge in [-0.2, -0.15) is 0 Å². The topological polar surface area (TPSA) is 78.9 Å². The third-order valence-electron chi connectivity index (χ3n) is 3.67. The standard InChI is InChI=1S/C19H25IO6/c1-5-13-19(17(22)25-3,18(23)26-4)14-15(20)11-9-7-6-8-10-12-16(21)24-2/h1,10-12H,6-9,13-14H2,2-4H3/b12-10+,15-11+. The summed E-state index contributed by atoms with van der Waals surface area (Å²) in [6.07, 6.45) is 13.9. The first-order chi connectivity index (χ1) is 12.4. The predicted molar refractivity (Wildman–Crippen MR) is 106 cm³/mol. The Morgan fingerprint density at radius 3 is 2.12 bits per heavy atom. The summed E-state index contributed by atoms with van der Waals surface area (Å²) in [7, 11) is 3.77. The number of hydrogen-bond donors (Lipinski definition) is 0. The van der Waals surface area contributed by atoms with Gasteiger partial charge in [0.1, 0.15) is 0 Å². The van der Waals surface area contributed by atoms with Gasteiger partial charge in [0.2, 0.25) is 0 Å². The van der Waals surface area contributed by atoms with Crippen LogP contribution in [0.2, 0.25) is 0 Å². The Kier molecular flexibility index (Phi) is 12.5. The molecule has 0 rings (SSSR count). The molecule has 0 aromatic rings. The van der Waals surface area contributed by atoms with Gasteiger partial charge in [-0.1, -0.05) is 12.2 Å². The second kappa shape index (κ2) is 13.4. The molecular weight excluding hydrogens is 451 g/mol. The second-order valence-corrected chi connectivity index (χ2v) is 6.87. The first kappa shape index (κ1) is 24.2. The number of carbonyl (C=O) groups is 3. The van der Waals surface area contributed by atoms with Crippen LogP contribution >= 0.6 is 22.6 Å². The Morgan fingerprint density at radius 1 is 1.04 bits per heavy atom. The van der Waals surface area contributed by atoms with Gasteiger partial charge in [-0.05, 0) is 51.9 Å². The second-order valence-electron chi connectivity index (χ2n) is 5.48. The molecule has 144 valence electrons. The van der Waals surface area contributed by atoms with Crippen molar-refractivity contribution >= 4 is 40.5 Å². The molecule has 0 bridgehead atoms. The summed E-state index contributed by atoms with van der Waals surface area (Å²) in [5.41, 5.74) is -1.52. The summed E-state index contributed by atoms with van der Waals surface area (Å²) in [6, 6.07) is 0. The molecule has 0 aliphatic rings. The van der Waals surface area contributed by atoms with Gasteiger partial charge < -0.3 is 14.2 Å². The Hall–Kier alpha value is -1.82. The quantitative estimate of drug-likeness (QED) is 0.0866. The largest absolute Gasteiger partial charge is 0.468 e. The van der Waals surface area contributed by atoms with E-state index in [4.69, 9.17) is 15.9 Å². The predicted octanol–water partition coefficient (Wildman–Crippen LogP) is 3.34. The number of methoxy groups -OCH3 is 3. The van der Waals surface area contributed by atoms with Gasteiger partial charge in [0.25, 0.3) is 0 Å². The Labute approximate surface area is 168 Å². The monoisotopic (exact) mass is 476 g/mol. The van der Waals surface area contributed by atoms with E-state index in [0.29, 0.717) is 0 Å². The molecule has 26 heavy (non-hydrogen) atoms. The Morgan fingerprint density at radius 2 is 1.62 bits per heavy atom. The number of terminal acetylenes is 1. The molecule has 0 N–H and O–H groups in total. The summed E-state index contributed by atoms with van der Waals surface area (Å²) in [6.45, 7) is 0. The first-order valence-electron chi connectivity index (χ1n) is 8.07. The lowest BCUT2D eigenvalue weighted by Crippen LogP contribution is -2.41. The molecule has 0 atom stereocenters. The lowest BCUT2D eigenvalue weighted by atomic mass is 9.81. The van der Waals surface area contributed by atoms with Gasteiger partial charge in [0, 0.05) is 18.9 Å².